The summed E-state index contributed by atoms with van der Waals surface area (Å²) in [6, 6.07) is -1.56. The molecule has 0 saturated heterocycles. The van der Waals surface area contributed by atoms with Crippen molar-refractivity contribution in [1.82, 2.24) is 10.6 Å². The third-order valence-electron chi connectivity index (χ3n) is 3.43. The third kappa shape index (κ3) is 4.91. The van der Waals surface area contributed by atoms with E-state index in [0.717, 1.165) is 19.3 Å². The van der Waals surface area contributed by atoms with E-state index in [4.69, 9.17) is 10.2 Å². The molecule has 0 aromatic heterocycles. The minimum Gasteiger partial charge on any atom is -0.480 e. The molecule has 0 bridgehead atoms. The summed E-state index contributed by atoms with van der Waals surface area (Å²) in [6.45, 7) is 5.67. The first-order valence-electron chi connectivity index (χ1n) is 6.37. The number of carboxylic acids is 1. The fraction of sp³-hybridized carbons (Fsp3) is 0.833. The van der Waals surface area contributed by atoms with Crippen molar-refractivity contribution < 1.29 is 19.8 Å². The fourth-order valence-corrected chi connectivity index (χ4v) is 1.84. The molecule has 6 heteroatoms. The van der Waals surface area contributed by atoms with E-state index in [1.54, 1.807) is 0 Å². The lowest BCUT2D eigenvalue weighted by molar-refractivity contribution is -0.139. The van der Waals surface area contributed by atoms with E-state index in [9.17, 15) is 9.59 Å². The van der Waals surface area contributed by atoms with Gasteiger partial charge in [0.05, 0.1) is 0 Å². The minimum atomic E-state index is -1.14. The molecule has 106 valence electrons. The van der Waals surface area contributed by atoms with Crippen LogP contribution in [-0.2, 0) is 4.79 Å². The molecule has 0 spiro atoms. The van der Waals surface area contributed by atoms with Crippen LogP contribution in [0.2, 0.25) is 0 Å². The van der Waals surface area contributed by atoms with Crippen LogP contribution in [0, 0.1) is 0 Å². The van der Waals surface area contributed by atoms with Crippen LogP contribution in [0.15, 0.2) is 0 Å². The summed E-state index contributed by atoms with van der Waals surface area (Å²) < 4.78 is 0. The zero-order valence-electron chi connectivity index (χ0n) is 11.3. The van der Waals surface area contributed by atoms with E-state index in [1.165, 1.54) is 0 Å². The van der Waals surface area contributed by atoms with Crippen LogP contribution in [0.1, 0.15) is 46.5 Å². The standard InChI is InChI=1S/C12H24N2O4/c1-4-12(5-2,6-3)14-11(18)13-9(7-8-15)10(16)17/h9,15H,4-8H2,1-3H3,(H,16,17)(H2,13,14,18). The van der Waals surface area contributed by atoms with Crippen molar-refractivity contribution in [1.29, 1.82) is 0 Å². The van der Waals surface area contributed by atoms with Gasteiger partial charge in [-0.2, -0.15) is 0 Å². The minimum absolute atomic E-state index is 0.000127. The quantitative estimate of drug-likeness (QED) is 0.525. The fourth-order valence-electron chi connectivity index (χ4n) is 1.84. The maximum atomic E-state index is 11.8. The van der Waals surface area contributed by atoms with Crippen molar-refractivity contribution >= 4 is 12.0 Å². The SMILES string of the molecule is CCC(CC)(CC)NC(=O)NC(CCO)C(=O)O. The van der Waals surface area contributed by atoms with Crippen molar-refractivity contribution in [3.05, 3.63) is 0 Å². The Kier molecular flexibility index (Phi) is 7.35. The average molecular weight is 260 g/mol. The van der Waals surface area contributed by atoms with Gasteiger partial charge in [0.25, 0.3) is 0 Å². The molecule has 4 N–H and O–H groups in total. The molecule has 0 radical (unpaired) electrons. The van der Waals surface area contributed by atoms with E-state index in [-0.39, 0.29) is 18.6 Å². The molecule has 0 fully saturated rings. The second-order valence-electron chi connectivity index (χ2n) is 4.34. The summed E-state index contributed by atoms with van der Waals surface area (Å²) in [5.74, 6) is -1.14. The lowest BCUT2D eigenvalue weighted by Crippen LogP contribution is -2.54. The number of carboxylic acid groups (broad SMARTS) is 1. The number of aliphatic hydroxyl groups is 1. The number of urea groups is 1. The van der Waals surface area contributed by atoms with Crippen LogP contribution in [0.3, 0.4) is 0 Å². The molecule has 1 unspecified atom stereocenters. The first-order chi connectivity index (χ1) is 8.44. The van der Waals surface area contributed by atoms with E-state index >= 15 is 0 Å². The lowest BCUT2D eigenvalue weighted by atomic mass is 9.90. The Morgan fingerprint density at radius 3 is 2.00 bits per heavy atom. The van der Waals surface area contributed by atoms with Crippen LogP contribution in [0.5, 0.6) is 0 Å². The molecule has 0 aliphatic heterocycles. The Balaban J connectivity index is 4.51. The molecule has 0 aromatic carbocycles. The molecule has 0 aliphatic rings. The van der Waals surface area contributed by atoms with Gasteiger partial charge in [-0.25, -0.2) is 9.59 Å². The molecule has 0 rings (SSSR count). The highest BCUT2D eigenvalue weighted by molar-refractivity contribution is 5.82. The topological polar surface area (TPSA) is 98.7 Å². The van der Waals surface area contributed by atoms with E-state index in [2.05, 4.69) is 10.6 Å². The van der Waals surface area contributed by atoms with E-state index in [0.29, 0.717) is 0 Å². The summed E-state index contributed by atoms with van der Waals surface area (Å²) in [7, 11) is 0. The predicted octanol–water partition coefficient (Wildman–Crippen LogP) is 1.09. The largest absolute Gasteiger partial charge is 0.480 e. The molecule has 0 heterocycles. The first kappa shape index (κ1) is 16.7. The molecule has 0 aliphatic carbocycles. The van der Waals surface area contributed by atoms with Gasteiger partial charge < -0.3 is 20.8 Å². The summed E-state index contributed by atoms with van der Waals surface area (Å²) in [6.07, 6.45) is 2.35. The highest BCUT2D eigenvalue weighted by Gasteiger charge is 2.27. The van der Waals surface area contributed by atoms with Gasteiger partial charge in [-0.3, -0.25) is 0 Å². The normalized spacial score (nSPS) is 12.9. The number of nitrogens with one attached hydrogen (secondary N) is 2. The zero-order valence-corrected chi connectivity index (χ0v) is 11.3. The van der Waals surface area contributed by atoms with Crippen LogP contribution in [0.25, 0.3) is 0 Å². The number of hydrogen-bond donors (Lipinski definition) is 4. The monoisotopic (exact) mass is 260 g/mol. The maximum Gasteiger partial charge on any atom is 0.326 e. The molecule has 0 aromatic rings. The molecule has 18 heavy (non-hydrogen) atoms. The van der Waals surface area contributed by atoms with Gasteiger partial charge in [0, 0.05) is 18.6 Å². The van der Waals surface area contributed by atoms with E-state index in [1.807, 2.05) is 20.8 Å². The summed E-state index contributed by atoms with van der Waals surface area (Å²) in [5.41, 5.74) is -0.299. The average Bonchev–Trinajstić information content (AvgIpc) is 2.35. The summed E-state index contributed by atoms with van der Waals surface area (Å²) in [4.78, 5) is 22.6. The van der Waals surface area contributed by atoms with Gasteiger partial charge in [0.15, 0.2) is 0 Å². The molecular weight excluding hydrogens is 236 g/mol. The Hall–Kier alpha value is -1.30. The number of carbonyl (C=O) groups is 2. The van der Waals surface area contributed by atoms with Crippen molar-refractivity contribution in [2.45, 2.75) is 58.0 Å². The van der Waals surface area contributed by atoms with Gasteiger partial charge in [-0.05, 0) is 19.3 Å². The van der Waals surface area contributed by atoms with Crippen molar-refractivity contribution in [3.8, 4) is 0 Å². The van der Waals surface area contributed by atoms with Crippen LogP contribution >= 0.6 is 0 Å². The Labute approximate surface area is 108 Å². The van der Waals surface area contributed by atoms with Crippen molar-refractivity contribution in [3.63, 3.8) is 0 Å². The van der Waals surface area contributed by atoms with Gasteiger partial charge in [0.1, 0.15) is 6.04 Å². The molecule has 2 amide bonds. The Morgan fingerprint density at radius 2 is 1.67 bits per heavy atom. The van der Waals surface area contributed by atoms with E-state index < -0.39 is 18.0 Å². The highest BCUT2D eigenvalue weighted by Crippen LogP contribution is 2.18. The van der Waals surface area contributed by atoms with Crippen LogP contribution in [0.4, 0.5) is 4.79 Å². The van der Waals surface area contributed by atoms with Gasteiger partial charge in [-0.1, -0.05) is 20.8 Å². The predicted molar refractivity (Wildman–Crippen MR) is 68.4 cm³/mol. The van der Waals surface area contributed by atoms with Crippen molar-refractivity contribution in [2.24, 2.45) is 0 Å². The van der Waals surface area contributed by atoms with Gasteiger partial charge in [0.2, 0.25) is 0 Å². The Bertz CT molecular complexity index is 269. The molecule has 1 atom stereocenters. The smallest absolute Gasteiger partial charge is 0.326 e. The lowest BCUT2D eigenvalue weighted by Gasteiger charge is -2.32. The molecule has 0 saturated carbocycles. The first-order valence-corrected chi connectivity index (χ1v) is 6.37. The second-order valence-corrected chi connectivity index (χ2v) is 4.34. The number of rotatable bonds is 8. The van der Waals surface area contributed by atoms with Crippen LogP contribution in [-0.4, -0.2) is 40.4 Å². The molecular formula is C12H24N2O4. The number of carbonyl (C=O) groups excluding carboxylic acids is 1. The summed E-state index contributed by atoms with van der Waals surface area (Å²) in [5, 5.41) is 22.8. The molecule has 6 nitrogen and oxygen atoms in total. The number of aliphatic carboxylic acids is 1. The highest BCUT2D eigenvalue weighted by atomic mass is 16.4. The van der Waals surface area contributed by atoms with Gasteiger partial charge >= 0.3 is 12.0 Å². The zero-order chi connectivity index (χ0) is 14.2. The Morgan fingerprint density at radius 1 is 1.17 bits per heavy atom. The summed E-state index contributed by atoms with van der Waals surface area (Å²) >= 11 is 0. The number of hydrogen-bond acceptors (Lipinski definition) is 3. The second kappa shape index (κ2) is 7.92. The number of aliphatic hydroxyl groups excluding tert-OH is 1. The van der Waals surface area contributed by atoms with Crippen molar-refractivity contribution in [2.75, 3.05) is 6.61 Å². The van der Waals surface area contributed by atoms with Crippen LogP contribution < -0.4 is 10.6 Å². The number of amides is 2. The maximum absolute atomic E-state index is 11.8. The van der Waals surface area contributed by atoms with Gasteiger partial charge in [-0.15, -0.1) is 0 Å². The third-order valence-corrected chi connectivity index (χ3v) is 3.43.